The van der Waals surface area contributed by atoms with E-state index in [1.54, 1.807) is 12.1 Å². The highest BCUT2D eigenvalue weighted by Gasteiger charge is 2.23. The fourth-order valence-corrected chi connectivity index (χ4v) is 3.51. The summed E-state index contributed by atoms with van der Waals surface area (Å²) in [5, 5.41) is 12.5. The van der Waals surface area contributed by atoms with Crippen LogP contribution >= 0.6 is 11.6 Å². The van der Waals surface area contributed by atoms with Crippen LogP contribution in [0.25, 0.3) is 0 Å². The molecule has 1 aliphatic carbocycles. The second-order valence-corrected chi connectivity index (χ2v) is 7.59. The Morgan fingerprint density at radius 3 is 2.25 bits per heavy atom. The molecule has 2 N–H and O–H groups in total. The van der Waals surface area contributed by atoms with Crippen molar-refractivity contribution in [2.45, 2.75) is 25.7 Å². The molecule has 0 aromatic heterocycles. The summed E-state index contributed by atoms with van der Waals surface area (Å²) in [6, 6.07) is 8.94. The third kappa shape index (κ3) is 5.35. The molecule has 0 aliphatic heterocycles. The number of carbonyl (C=O) groups is 1. The Bertz CT molecular complexity index is 798. The maximum atomic E-state index is 13.4. The normalized spacial score (nSPS) is 19.2. The van der Waals surface area contributed by atoms with Crippen molar-refractivity contribution in [1.29, 1.82) is 0 Å². The highest BCUT2D eigenvalue weighted by Crippen LogP contribution is 2.29. The Morgan fingerprint density at radius 1 is 1.07 bits per heavy atom. The molecular formula is C21H22ClF2NO3. The van der Waals surface area contributed by atoms with Crippen LogP contribution in [0.15, 0.2) is 36.4 Å². The first-order chi connectivity index (χ1) is 13.4. The van der Waals surface area contributed by atoms with Gasteiger partial charge in [0.25, 0.3) is 5.91 Å². The van der Waals surface area contributed by atoms with Gasteiger partial charge < -0.3 is 15.2 Å². The largest absolute Gasteiger partial charge is 0.503 e. The van der Waals surface area contributed by atoms with Crippen molar-refractivity contribution in [2.75, 3.05) is 13.2 Å². The van der Waals surface area contributed by atoms with Gasteiger partial charge in [0.2, 0.25) is 0 Å². The number of ether oxygens (including phenoxy) is 1. The number of aromatic hydroxyl groups is 1. The molecule has 4 nitrogen and oxygen atoms in total. The van der Waals surface area contributed by atoms with E-state index in [4.69, 9.17) is 21.4 Å². The summed E-state index contributed by atoms with van der Waals surface area (Å²) in [5.41, 5.74) is -0.141. The van der Waals surface area contributed by atoms with Crippen LogP contribution in [0.3, 0.4) is 0 Å². The van der Waals surface area contributed by atoms with Gasteiger partial charge in [-0.1, -0.05) is 11.6 Å². The monoisotopic (exact) mass is 409 g/mol. The molecule has 0 unspecified atom stereocenters. The Hall–Kier alpha value is -2.34. The molecule has 0 spiro atoms. The van der Waals surface area contributed by atoms with Gasteiger partial charge in [0, 0.05) is 17.1 Å². The van der Waals surface area contributed by atoms with Crippen molar-refractivity contribution in [3.63, 3.8) is 0 Å². The summed E-state index contributed by atoms with van der Waals surface area (Å²) in [4.78, 5) is 12.1. The van der Waals surface area contributed by atoms with Crippen molar-refractivity contribution in [3.8, 4) is 11.5 Å². The lowest BCUT2D eigenvalue weighted by atomic mass is 9.82. The SMILES string of the molecule is O=C(NC[C@H]1CC[C@@H](COc2ccc(Cl)cc2)CC1)c1cc(F)c(O)c(F)c1. The van der Waals surface area contributed by atoms with Crippen molar-refractivity contribution in [1.82, 2.24) is 5.32 Å². The molecule has 1 aliphatic rings. The number of nitrogens with one attached hydrogen (secondary N) is 1. The van der Waals surface area contributed by atoms with Crippen LogP contribution in [0.1, 0.15) is 36.0 Å². The number of phenols is 1. The van der Waals surface area contributed by atoms with Gasteiger partial charge in [-0.05, 0) is 73.9 Å². The van der Waals surface area contributed by atoms with E-state index in [0.717, 1.165) is 43.6 Å². The van der Waals surface area contributed by atoms with Gasteiger partial charge in [-0.15, -0.1) is 0 Å². The minimum atomic E-state index is -1.15. The van der Waals surface area contributed by atoms with Gasteiger partial charge in [0.05, 0.1) is 6.61 Å². The summed E-state index contributed by atoms with van der Waals surface area (Å²) >= 11 is 5.86. The van der Waals surface area contributed by atoms with Gasteiger partial charge in [-0.2, -0.15) is 0 Å². The van der Waals surface area contributed by atoms with E-state index < -0.39 is 23.3 Å². The molecule has 28 heavy (non-hydrogen) atoms. The van der Waals surface area contributed by atoms with Gasteiger partial charge in [0.1, 0.15) is 5.75 Å². The Kier molecular flexibility index (Phi) is 6.73. The number of phenolic OH excluding ortho intramolecular Hbond substituents is 1. The molecule has 0 atom stereocenters. The van der Waals surface area contributed by atoms with E-state index in [1.165, 1.54) is 0 Å². The van der Waals surface area contributed by atoms with Crippen LogP contribution < -0.4 is 10.1 Å². The van der Waals surface area contributed by atoms with Gasteiger partial charge in [-0.25, -0.2) is 8.78 Å². The van der Waals surface area contributed by atoms with E-state index in [-0.39, 0.29) is 5.56 Å². The van der Waals surface area contributed by atoms with Crippen LogP contribution in [0.2, 0.25) is 5.02 Å². The summed E-state index contributed by atoms with van der Waals surface area (Å²) in [7, 11) is 0. The summed E-state index contributed by atoms with van der Waals surface area (Å²) in [6.45, 7) is 1.10. The molecule has 3 rings (SSSR count). The number of benzene rings is 2. The minimum absolute atomic E-state index is 0.141. The highest BCUT2D eigenvalue weighted by molar-refractivity contribution is 6.30. The lowest BCUT2D eigenvalue weighted by Crippen LogP contribution is -2.32. The zero-order valence-corrected chi connectivity index (χ0v) is 16.0. The van der Waals surface area contributed by atoms with Crippen molar-refractivity contribution in [3.05, 3.63) is 58.6 Å². The quantitative estimate of drug-likeness (QED) is 0.710. The lowest BCUT2D eigenvalue weighted by Gasteiger charge is -2.28. The Labute approximate surface area is 167 Å². The molecule has 1 saturated carbocycles. The predicted molar refractivity (Wildman–Crippen MR) is 103 cm³/mol. The van der Waals surface area contributed by atoms with E-state index in [1.807, 2.05) is 12.1 Å². The lowest BCUT2D eigenvalue weighted by molar-refractivity contribution is 0.0937. The molecule has 7 heteroatoms. The van der Waals surface area contributed by atoms with Crippen LogP contribution in [0, 0.1) is 23.5 Å². The first-order valence-electron chi connectivity index (χ1n) is 9.27. The number of hydrogen-bond acceptors (Lipinski definition) is 3. The Balaban J connectivity index is 1.40. The highest BCUT2D eigenvalue weighted by atomic mass is 35.5. The van der Waals surface area contributed by atoms with Gasteiger partial charge in [0.15, 0.2) is 17.4 Å². The molecule has 1 fully saturated rings. The minimum Gasteiger partial charge on any atom is -0.503 e. The van der Waals surface area contributed by atoms with Crippen LogP contribution in [0.5, 0.6) is 11.5 Å². The topological polar surface area (TPSA) is 58.6 Å². The molecule has 150 valence electrons. The van der Waals surface area contributed by atoms with Crippen LogP contribution in [0.4, 0.5) is 8.78 Å². The first kappa shape index (κ1) is 20.4. The third-order valence-corrected chi connectivity index (χ3v) is 5.35. The molecule has 1 amide bonds. The second-order valence-electron chi connectivity index (χ2n) is 7.15. The van der Waals surface area contributed by atoms with E-state index in [9.17, 15) is 13.6 Å². The zero-order valence-electron chi connectivity index (χ0n) is 15.3. The first-order valence-corrected chi connectivity index (χ1v) is 9.64. The van der Waals surface area contributed by atoms with Crippen molar-refractivity contribution in [2.24, 2.45) is 11.8 Å². The second kappa shape index (κ2) is 9.24. The average Bonchev–Trinajstić information content (AvgIpc) is 2.70. The fraction of sp³-hybridized carbons (Fsp3) is 0.381. The molecule has 2 aromatic rings. The van der Waals surface area contributed by atoms with Crippen molar-refractivity contribution >= 4 is 17.5 Å². The van der Waals surface area contributed by atoms with E-state index >= 15 is 0 Å². The van der Waals surface area contributed by atoms with Crippen molar-refractivity contribution < 1.29 is 23.4 Å². The number of hydrogen-bond donors (Lipinski definition) is 2. The predicted octanol–water partition coefficient (Wildman–Crippen LogP) is 4.94. The number of amides is 1. The zero-order chi connectivity index (χ0) is 20.1. The van der Waals surface area contributed by atoms with Gasteiger partial charge >= 0.3 is 0 Å². The maximum absolute atomic E-state index is 13.4. The summed E-state index contributed by atoms with van der Waals surface area (Å²) in [6.07, 6.45) is 3.90. The fourth-order valence-electron chi connectivity index (χ4n) is 3.38. The molecule has 0 radical (unpaired) electrons. The molecule has 0 bridgehead atoms. The van der Waals surface area contributed by atoms with Gasteiger partial charge in [-0.3, -0.25) is 4.79 Å². The standard InChI is InChI=1S/C21H22ClF2NO3/c22-16-5-7-17(8-6-16)28-12-14-3-1-13(2-4-14)11-25-21(27)15-9-18(23)20(26)19(24)10-15/h5-10,13-14,26H,1-4,11-12H2,(H,25,27)/t13-,14+. The number of halogens is 3. The number of carbonyl (C=O) groups excluding carboxylic acids is 1. The number of rotatable bonds is 6. The smallest absolute Gasteiger partial charge is 0.251 e. The molecule has 0 saturated heterocycles. The Morgan fingerprint density at radius 2 is 1.64 bits per heavy atom. The molecular weight excluding hydrogens is 388 g/mol. The maximum Gasteiger partial charge on any atom is 0.251 e. The average molecular weight is 410 g/mol. The third-order valence-electron chi connectivity index (χ3n) is 5.10. The van der Waals surface area contributed by atoms with E-state index in [0.29, 0.717) is 30.0 Å². The van der Waals surface area contributed by atoms with Crippen LogP contribution in [-0.4, -0.2) is 24.2 Å². The van der Waals surface area contributed by atoms with Crippen LogP contribution in [-0.2, 0) is 0 Å². The molecule has 2 aromatic carbocycles. The summed E-state index contributed by atoms with van der Waals surface area (Å²) in [5.74, 6) is -2.34. The molecule has 0 heterocycles. The van der Waals surface area contributed by atoms with E-state index in [2.05, 4.69) is 5.32 Å². The summed E-state index contributed by atoms with van der Waals surface area (Å²) < 4.78 is 32.5.